The van der Waals surface area contributed by atoms with Gasteiger partial charge in [-0.25, -0.2) is 0 Å². The van der Waals surface area contributed by atoms with E-state index in [9.17, 15) is 40.9 Å². The Balaban J connectivity index is 1.15. The summed E-state index contributed by atoms with van der Waals surface area (Å²) in [7, 11) is 0. The second kappa shape index (κ2) is 13.9. The van der Waals surface area contributed by atoms with E-state index in [-0.39, 0.29) is 58.0 Å². The van der Waals surface area contributed by atoms with Crippen LogP contribution in [0.5, 0.6) is 0 Å². The highest BCUT2D eigenvalue weighted by Crippen LogP contribution is 2.75. The third kappa shape index (κ3) is 5.81. The molecule has 12 nitrogen and oxygen atoms in total. The van der Waals surface area contributed by atoms with Gasteiger partial charge in [-0.2, -0.15) is 0 Å². The van der Waals surface area contributed by atoms with Crippen LogP contribution >= 0.6 is 0 Å². The fourth-order valence-electron chi connectivity index (χ4n) is 13.9. The molecule has 0 aromatic heterocycles. The van der Waals surface area contributed by atoms with E-state index in [2.05, 4.69) is 55.4 Å². The van der Waals surface area contributed by atoms with Gasteiger partial charge in [-0.3, -0.25) is 0 Å². The predicted molar refractivity (Wildman–Crippen MR) is 197 cm³/mol. The standard InChI is InChI=1S/C42H70O12/c1-19-20(2)22-10-14-41(8)30(29(22)42(9,50)21(19)3)23(44)16-27-39(6)13-12-28(38(4,5)26(39)11-15-40(27,41)7)53-37-35(31(46)24(45)18-51-37)54-36-34(49)33(48)32(47)25(17-43)52-36/h19-28,31-37,43-50H,10-18H2,1-9H3/t19-,20+,21+,22?,23-,24-,25+,26?,27?,28?,31+,32+,33-,34+,35+,36-,37-,39-,40+,41+,42+/m0/s1. The SMILES string of the molecule is C[C@@H]1[C@@H](C)[C@@](C)(O)C2=C3[C@@H](O)CC4[C@@]5(C)CCC(O[C@@H]6OC[C@H](O)[C@@H](O)[C@H]6O[C@@H]6O[C@H](CO)[C@@H](O)[C@H](O)[C@H]6O)C(C)(C)C5CC[C@@]4(C)[C@]3(C)CCC2[C@@H]1C. The Hall–Kier alpha value is -0.740. The van der Waals surface area contributed by atoms with Gasteiger partial charge in [0.25, 0.3) is 0 Å². The molecular weight excluding hydrogens is 696 g/mol. The largest absolute Gasteiger partial charge is 0.394 e. The van der Waals surface area contributed by atoms with Crippen molar-refractivity contribution < 1.29 is 59.8 Å². The minimum absolute atomic E-state index is 0.0861. The van der Waals surface area contributed by atoms with Crippen LogP contribution in [0, 0.1) is 57.2 Å². The molecular formula is C42H70O12. The molecule has 0 aromatic carbocycles. The number of aliphatic hydroxyl groups is 8. The van der Waals surface area contributed by atoms with Crippen molar-refractivity contribution in [3.8, 4) is 0 Å². The number of aliphatic hydroxyl groups excluding tert-OH is 7. The zero-order valence-corrected chi connectivity index (χ0v) is 33.9. The molecule has 7 aliphatic rings. The molecule has 0 spiro atoms. The summed E-state index contributed by atoms with van der Waals surface area (Å²) in [5.41, 5.74) is 0.468. The van der Waals surface area contributed by atoms with Crippen molar-refractivity contribution in [1.82, 2.24) is 0 Å². The Labute approximate surface area is 321 Å². The van der Waals surface area contributed by atoms with Gasteiger partial charge in [0.1, 0.15) is 42.7 Å². The normalized spacial score (nSPS) is 57.4. The number of ether oxygens (including phenoxy) is 4. The second-order valence-corrected chi connectivity index (χ2v) is 20.3. The molecule has 5 aliphatic carbocycles. The highest BCUT2D eigenvalue weighted by molar-refractivity contribution is 5.42. The monoisotopic (exact) mass is 766 g/mol. The third-order valence-electron chi connectivity index (χ3n) is 17.8. The van der Waals surface area contributed by atoms with E-state index in [0.29, 0.717) is 24.7 Å². The van der Waals surface area contributed by atoms with Gasteiger partial charge in [-0.15, -0.1) is 0 Å². The summed E-state index contributed by atoms with van der Waals surface area (Å²) in [4.78, 5) is 0. The van der Waals surface area contributed by atoms with Gasteiger partial charge < -0.3 is 59.8 Å². The van der Waals surface area contributed by atoms with Crippen LogP contribution in [0.3, 0.4) is 0 Å². The lowest BCUT2D eigenvalue weighted by atomic mass is 9.34. The summed E-state index contributed by atoms with van der Waals surface area (Å²) in [6, 6.07) is 0. The van der Waals surface area contributed by atoms with Crippen molar-refractivity contribution in [1.29, 1.82) is 0 Å². The number of hydrogen-bond acceptors (Lipinski definition) is 12. The molecule has 0 aromatic rings. The zero-order chi connectivity index (χ0) is 39.7. The van der Waals surface area contributed by atoms with Crippen LogP contribution in [0.4, 0.5) is 0 Å². The Morgan fingerprint density at radius 2 is 1.41 bits per heavy atom. The van der Waals surface area contributed by atoms with E-state index >= 15 is 0 Å². The first kappa shape index (κ1) is 41.4. The fraction of sp³-hybridized carbons (Fsp3) is 0.952. The molecule has 4 saturated carbocycles. The number of rotatable bonds is 5. The van der Waals surface area contributed by atoms with E-state index in [0.717, 1.165) is 43.3 Å². The second-order valence-electron chi connectivity index (χ2n) is 20.3. The van der Waals surface area contributed by atoms with Gasteiger partial charge in [0.2, 0.25) is 0 Å². The van der Waals surface area contributed by atoms with Crippen LogP contribution in [0.25, 0.3) is 0 Å². The average molecular weight is 767 g/mol. The van der Waals surface area contributed by atoms with E-state index in [1.54, 1.807) is 0 Å². The first-order valence-corrected chi connectivity index (χ1v) is 20.8. The topological polar surface area (TPSA) is 199 Å². The molecule has 7 rings (SSSR count). The van der Waals surface area contributed by atoms with Crippen LogP contribution in [0.15, 0.2) is 11.1 Å². The molecule has 2 heterocycles. The molecule has 2 aliphatic heterocycles. The van der Waals surface area contributed by atoms with E-state index in [4.69, 9.17) is 18.9 Å². The molecule has 21 atom stereocenters. The maximum Gasteiger partial charge on any atom is 0.187 e. The minimum atomic E-state index is -1.70. The summed E-state index contributed by atoms with van der Waals surface area (Å²) >= 11 is 0. The van der Waals surface area contributed by atoms with Crippen LogP contribution in [-0.2, 0) is 18.9 Å². The average Bonchev–Trinajstić information content (AvgIpc) is 3.11. The maximum absolute atomic E-state index is 12.4. The Morgan fingerprint density at radius 1 is 0.722 bits per heavy atom. The van der Waals surface area contributed by atoms with Crippen molar-refractivity contribution in [2.24, 2.45) is 57.2 Å². The lowest BCUT2D eigenvalue weighted by Gasteiger charge is -2.71. The third-order valence-corrected chi connectivity index (χ3v) is 17.8. The smallest absolute Gasteiger partial charge is 0.187 e. The van der Waals surface area contributed by atoms with Crippen molar-refractivity contribution in [2.75, 3.05) is 13.2 Å². The van der Waals surface area contributed by atoms with E-state index in [1.165, 1.54) is 0 Å². The highest BCUT2D eigenvalue weighted by atomic mass is 16.8. The number of hydrogen-bond donors (Lipinski definition) is 8. The van der Waals surface area contributed by atoms with Crippen LogP contribution in [0.2, 0.25) is 0 Å². The van der Waals surface area contributed by atoms with Crippen LogP contribution < -0.4 is 0 Å². The summed E-state index contributed by atoms with van der Waals surface area (Å²) in [5, 5.41) is 87.4. The molecule has 0 bridgehead atoms. The van der Waals surface area contributed by atoms with Crippen LogP contribution in [0.1, 0.15) is 107 Å². The molecule has 6 fully saturated rings. The molecule has 310 valence electrons. The van der Waals surface area contributed by atoms with E-state index < -0.39 is 73.6 Å². The van der Waals surface area contributed by atoms with Crippen molar-refractivity contribution >= 4 is 0 Å². The zero-order valence-electron chi connectivity index (χ0n) is 33.9. The highest BCUT2D eigenvalue weighted by Gasteiger charge is 2.70. The molecule has 0 amide bonds. The van der Waals surface area contributed by atoms with Gasteiger partial charge in [0.05, 0.1) is 31.0 Å². The van der Waals surface area contributed by atoms with E-state index in [1.807, 2.05) is 6.92 Å². The maximum atomic E-state index is 12.4. The Bertz CT molecular complexity index is 1430. The first-order chi connectivity index (χ1) is 25.1. The minimum Gasteiger partial charge on any atom is -0.394 e. The summed E-state index contributed by atoms with van der Waals surface area (Å²) in [6.07, 6.45) is -7.71. The van der Waals surface area contributed by atoms with Gasteiger partial charge in [0, 0.05) is 0 Å². The molecule has 0 radical (unpaired) electrons. The van der Waals surface area contributed by atoms with Crippen molar-refractivity contribution in [2.45, 2.75) is 180 Å². The van der Waals surface area contributed by atoms with Crippen molar-refractivity contribution in [3.05, 3.63) is 11.1 Å². The van der Waals surface area contributed by atoms with Gasteiger partial charge in [-0.05, 0) is 120 Å². The first-order valence-electron chi connectivity index (χ1n) is 20.8. The molecule has 2 saturated heterocycles. The molecule has 54 heavy (non-hydrogen) atoms. The summed E-state index contributed by atoms with van der Waals surface area (Å²) < 4.78 is 24.3. The Kier molecular flexibility index (Phi) is 10.7. The predicted octanol–water partition coefficient (Wildman–Crippen LogP) is 2.64. The number of fused-ring (bicyclic) bond motifs is 6. The summed E-state index contributed by atoms with van der Waals surface area (Å²) in [6.45, 7) is 19.7. The van der Waals surface area contributed by atoms with Gasteiger partial charge in [0.15, 0.2) is 12.6 Å². The molecule has 12 heteroatoms. The van der Waals surface area contributed by atoms with Gasteiger partial charge >= 0.3 is 0 Å². The lowest BCUT2D eigenvalue weighted by Crippen LogP contribution is -2.67. The summed E-state index contributed by atoms with van der Waals surface area (Å²) in [5.74, 6) is 1.66. The Morgan fingerprint density at radius 3 is 2.07 bits per heavy atom. The lowest BCUT2D eigenvalue weighted by molar-refractivity contribution is -0.367. The van der Waals surface area contributed by atoms with Crippen molar-refractivity contribution in [3.63, 3.8) is 0 Å². The molecule has 4 unspecified atom stereocenters. The van der Waals surface area contributed by atoms with Gasteiger partial charge in [-0.1, -0.05) is 55.4 Å². The fourth-order valence-corrected chi connectivity index (χ4v) is 13.9. The van der Waals surface area contributed by atoms with Crippen LogP contribution in [-0.4, -0.2) is 127 Å². The molecule has 8 N–H and O–H groups in total. The quantitative estimate of drug-likeness (QED) is 0.151.